The molecule has 0 aromatic carbocycles. The summed E-state index contributed by atoms with van der Waals surface area (Å²) in [6, 6.07) is 0. The van der Waals surface area contributed by atoms with Gasteiger partial charge in [-0.05, 0) is 217 Å². The van der Waals surface area contributed by atoms with Gasteiger partial charge in [0.05, 0.1) is 0 Å². The number of aliphatic hydroxyl groups is 1. The van der Waals surface area contributed by atoms with Crippen LogP contribution in [0.1, 0.15) is 99.0 Å². The maximum Gasteiger partial charge on any atom is 0.143 e. The Morgan fingerprint density at radius 1 is 0.230 bits per heavy atom. The summed E-state index contributed by atoms with van der Waals surface area (Å²) < 4.78 is 4.10. The Morgan fingerprint density at radius 2 is 0.295 bits per heavy atom. The van der Waals surface area contributed by atoms with Gasteiger partial charge in [-0.3, -0.25) is 0 Å². The van der Waals surface area contributed by atoms with E-state index in [9.17, 15) is 0 Å². The van der Waals surface area contributed by atoms with Crippen molar-refractivity contribution in [2.45, 2.75) is 27.7 Å². The van der Waals surface area contributed by atoms with Gasteiger partial charge in [0, 0.05) is 173 Å². The van der Waals surface area contributed by atoms with Crippen molar-refractivity contribution in [3.05, 3.63) is 0 Å². The summed E-state index contributed by atoms with van der Waals surface area (Å²) in [5.41, 5.74) is 0. The molecule has 0 heterocycles. The van der Waals surface area contributed by atoms with Crippen molar-refractivity contribution in [1.82, 2.24) is 0 Å². The van der Waals surface area contributed by atoms with Crippen molar-refractivity contribution in [1.29, 1.82) is 0 Å². The molecule has 0 aliphatic rings. The van der Waals surface area contributed by atoms with Crippen LogP contribution >= 0.6 is 0 Å². The van der Waals surface area contributed by atoms with Crippen LogP contribution in [0, 0.1) is 308 Å². The van der Waals surface area contributed by atoms with E-state index in [2.05, 4.69) is 313 Å². The maximum atomic E-state index is 7.65. The lowest BCUT2D eigenvalue weighted by atomic mass is 10.4. The minimum absolute atomic E-state index is 0. The smallest absolute Gasteiger partial charge is 0.143 e. The first kappa shape index (κ1) is 56.2. The number of methoxy groups -OCH3 is 1. The first-order valence-corrected chi connectivity index (χ1v) is 15.5. The van der Waals surface area contributed by atoms with E-state index in [1.165, 1.54) is 7.11 Å². The Kier molecular flexibility index (Phi) is 55.7. The van der Waals surface area contributed by atoms with Crippen molar-refractivity contribution in [3.63, 3.8) is 0 Å². The lowest BCUT2D eigenvalue weighted by Gasteiger charge is -1.76. The van der Waals surface area contributed by atoms with Gasteiger partial charge in [-0.15, -0.1) is 0 Å². The second kappa shape index (κ2) is 60.5. The van der Waals surface area contributed by atoms with E-state index in [1.54, 1.807) is 27.7 Å². The molecule has 0 aromatic rings. The first-order valence-electron chi connectivity index (χ1n) is 15.5. The molecule has 0 aliphatic carbocycles. The van der Waals surface area contributed by atoms with Gasteiger partial charge in [-0.25, -0.2) is 0 Å². The number of aliphatic hydroxyl groups excluding tert-OH is 1. The number of ether oxygens (including phenoxy) is 1. The van der Waals surface area contributed by atoms with E-state index in [1.807, 2.05) is 0 Å². The Bertz CT molecular complexity index is 3010. The first-order chi connectivity index (χ1) is 29.7. The van der Waals surface area contributed by atoms with Gasteiger partial charge in [0.2, 0.25) is 0 Å². The van der Waals surface area contributed by atoms with Crippen LogP contribution in [-0.2, 0) is 4.74 Å². The molecular weight excluding hydrogens is 745 g/mol. The Balaban J connectivity index is -0.00000000744. The number of rotatable bonds is 1. The average molecular weight is 866 g/mol. The maximum absolute atomic E-state index is 7.65. The monoisotopic (exact) mass is 865 g/mol. The second-order valence-corrected chi connectivity index (χ2v) is 7.42. The van der Waals surface area contributed by atoms with Crippen LogP contribution in [0.4, 0.5) is 0 Å². The lowest BCUT2D eigenvalue weighted by molar-refractivity contribution is 0.0325. The van der Waals surface area contributed by atoms with E-state index in [-0.39, 0.29) is 83.6 Å². The summed E-state index contributed by atoms with van der Waals surface area (Å²) in [5, 5.41) is 7.65. The summed E-state index contributed by atoms with van der Waals surface area (Å²) in [6.07, 6.45) is 0. The van der Waals surface area contributed by atoms with Crippen molar-refractivity contribution >= 4 is 0 Å². The topological polar surface area (TPSA) is 61.0 Å². The standard InChI is InChI=1S/2C28H6.C2H6O2.H2O.50H2/c2*1-3-5-7-9-11-13-15-17-19-21-23-25-27-28-26-24-22-20-18-16-14-12-10-8-6-4-2;1-4-2-3;;;;;;;;;;;;;;;;;;;;;;;;;;;;;;;;;;;;;;;;;;;;;;;;;;;/h2*1-2H3;3H,2H2,1H3;1H2;50*1H. The molecule has 0 saturated carbocycles. The third kappa shape index (κ3) is 67.2. The van der Waals surface area contributed by atoms with Crippen LogP contribution in [0.25, 0.3) is 0 Å². The normalized spacial score (nSPS) is 4.10. The largest absolute Gasteiger partial charge is 0.412 e. The molecule has 0 aliphatic heterocycles. The molecule has 3 heteroatoms. The zero-order valence-corrected chi connectivity index (χ0v) is 33.1. The van der Waals surface area contributed by atoms with Gasteiger partial charge in [-0.1, -0.05) is 23.7 Å². The van der Waals surface area contributed by atoms with Gasteiger partial charge in [-0.2, -0.15) is 0 Å². The third-order valence-electron chi connectivity index (χ3n) is 3.50. The molecule has 3 nitrogen and oxygen atoms in total. The van der Waals surface area contributed by atoms with E-state index >= 15 is 0 Å². The van der Waals surface area contributed by atoms with E-state index in [0.29, 0.717) is 0 Å². The third-order valence-corrected chi connectivity index (χ3v) is 3.50. The highest BCUT2D eigenvalue weighted by Crippen LogP contribution is 1.62. The molecule has 0 saturated heterocycles. The predicted octanol–water partition coefficient (Wildman–Crippen LogP) is 13.2. The average Bonchev–Trinajstić information content (AvgIpc) is 3.27. The van der Waals surface area contributed by atoms with Crippen LogP contribution in [0.3, 0.4) is 0 Å². The number of hydrogen-bond donors (Lipinski definition) is 1. The summed E-state index contributed by atoms with van der Waals surface area (Å²) >= 11 is 0. The summed E-state index contributed by atoms with van der Waals surface area (Å²) in [6.45, 7) is 6.60. The highest BCUT2D eigenvalue weighted by molar-refractivity contribution is 5.50. The summed E-state index contributed by atoms with van der Waals surface area (Å²) in [5.74, 6) is 131. The van der Waals surface area contributed by atoms with E-state index < -0.39 is 0 Å². The fraction of sp³-hybridized carbons (Fsp3) is 0.103. The molecule has 0 amide bonds. The van der Waals surface area contributed by atoms with Gasteiger partial charge in [0.25, 0.3) is 0 Å². The quantitative estimate of drug-likeness (QED) is 0.211. The van der Waals surface area contributed by atoms with Gasteiger partial charge in [0.15, 0.2) is 0 Å². The van der Waals surface area contributed by atoms with Crippen LogP contribution < -0.4 is 0 Å². The van der Waals surface area contributed by atoms with Crippen LogP contribution in [0.5, 0.6) is 0 Å². The minimum atomic E-state index is -0.181. The fourth-order valence-corrected chi connectivity index (χ4v) is 1.62. The molecule has 0 spiro atoms. The van der Waals surface area contributed by atoms with E-state index in [4.69, 9.17) is 5.11 Å². The molecule has 0 bridgehead atoms. The van der Waals surface area contributed by atoms with Crippen molar-refractivity contribution in [3.8, 4) is 308 Å². The molecule has 0 radical (unpaired) electrons. The van der Waals surface area contributed by atoms with Crippen LogP contribution in [-0.4, -0.2) is 24.5 Å². The van der Waals surface area contributed by atoms with Crippen molar-refractivity contribution < 1.29 is 86.7 Å². The van der Waals surface area contributed by atoms with Crippen molar-refractivity contribution in [2.24, 2.45) is 0 Å². The molecule has 0 unspecified atom stereocenters. The number of hydrogen-bond acceptors (Lipinski definition) is 2. The van der Waals surface area contributed by atoms with Gasteiger partial charge >= 0.3 is 0 Å². The fourth-order valence-electron chi connectivity index (χ4n) is 1.62. The molecule has 0 fully saturated rings. The van der Waals surface area contributed by atoms with Gasteiger partial charge in [0.1, 0.15) is 6.79 Å². The predicted molar refractivity (Wildman–Crippen MR) is 348 cm³/mol. The van der Waals surface area contributed by atoms with Crippen LogP contribution in [0.15, 0.2) is 0 Å². The minimum Gasteiger partial charge on any atom is -0.412 e. The SMILES string of the molecule is CC#CC#CC#CC#CC#CC#CC#CC#CC#CC#CC#CC#CC#CC.CC#CC#CC#CC#CC#CC#CC#CC#CC#CC#CC#CC#CC#CC.COCO.O.[HH].[HH].[HH].[HH].[HH].[HH].[HH].[HH].[HH].[HH].[HH].[HH].[HH].[HH].[HH].[HH].[HH].[HH].[HH].[HH].[HH].[HH].[HH].[HH].[HH].[HH].[HH].[HH].[HH].[HH].[HH].[HH].[HH].[HH].[HH].[HH].[HH].[HH].[HH].[HH].[HH].[HH].[HH].[HH].[HH].[HH].[HH].[HH].[HH].[HH]. The molecule has 61 heavy (non-hydrogen) atoms. The Labute approximate surface area is 437 Å². The zero-order valence-electron chi connectivity index (χ0n) is 33.1. The summed E-state index contributed by atoms with van der Waals surface area (Å²) in [4.78, 5) is 0. The lowest BCUT2D eigenvalue weighted by Crippen LogP contribution is -1.79. The Morgan fingerprint density at radius 3 is 0.344 bits per heavy atom. The van der Waals surface area contributed by atoms with Crippen molar-refractivity contribution in [2.75, 3.05) is 13.9 Å². The molecule has 3 N–H and O–H groups in total. The van der Waals surface area contributed by atoms with Crippen LogP contribution in [0.2, 0.25) is 0 Å². The Hall–Kier alpha value is -11.6. The van der Waals surface area contributed by atoms with Gasteiger partial charge < -0.3 is 15.3 Å². The second-order valence-electron chi connectivity index (χ2n) is 7.42. The molecule has 0 atom stereocenters. The molecule has 0 aromatic heterocycles. The zero-order chi connectivity index (χ0) is 44.2. The highest BCUT2D eigenvalue weighted by atomic mass is 16.6. The summed E-state index contributed by atoms with van der Waals surface area (Å²) in [7, 11) is 1.43. The van der Waals surface area contributed by atoms with E-state index in [0.717, 1.165) is 0 Å². The molecule has 0 rings (SSSR count). The molecular formula is C58H120O3. The molecule has 370 valence electrons. The highest BCUT2D eigenvalue weighted by Gasteiger charge is 1.62.